The third kappa shape index (κ3) is 3.25. The molecule has 0 fully saturated rings. The molecule has 0 heterocycles. The summed E-state index contributed by atoms with van der Waals surface area (Å²) in [6, 6.07) is 12.0. The van der Waals surface area contributed by atoms with Gasteiger partial charge in [0, 0.05) is 0 Å². The van der Waals surface area contributed by atoms with Crippen LogP contribution in [0.4, 0.5) is 0 Å². The van der Waals surface area contributed by atoms with Crippen molar-refractivity contribution in [3.8, 4) is 5.75 Å². The van der Waals surface area contributed by atoms with Gasteiger partial charge in [-0.3, -0.25) is 0 Å². The molecule has 0 bridgehead atoms. The summed E-state index contributed by atoms with van der Waals surface area (Å²) in [4.78, 5) is -0.219. The fraction of sp³-hybridized carbons (Fsp3) is 0.250. The molecule has 2 aromatic rings. The molecule has 0 radical (unpaired) electrons. The second-order valence-corrected chi connectivity index (χ2v) is 11.0. The van der Waals surface area contributed by atoms with Crippen molar-refractivity contribution < 1.29 is 21.6 Å². The highest BCUT2D eigenvalue weighted by atomic mass is 33.2. The monoisotopic (exact) mass is 354 g/mol. The van der Waals surface area contributed by atoms with Crippen molar-refractivity contribution in [2.24, 2.45) is 0 Å². The molecular formula is C16H18O5S2. The Balaban J connectivity index is 2.44. The first-order valence-corrected chi connectivity index (χ1v) is 10.4. The zero-order valence-corrected chi connectivity index (χ0v) is 14.7. The molecule has 2 rings (SSSR count). The largest absolute Gasteiger partial charge is 0.497 e. The van der Waals surface area contributed by atoms with Crippen LogP contribution in [0.5, 0.6) is 5.75 Å². The van der Waals surface area contributed by atoms with E-state index in [-0.39, 0.29) is 4.90 Å². The predicted octanol–water partition coefficient (Wildman–Crippen LogP) is 2.87. The van der Waals surface area contributed by atoms with Gasteiger partial charge in [-0.1, -0.05) is 29.8 Å². The Morgan fingerprint density at radius 1 is 0.870 bits per heavy atom. The lowest BCUT2D eigenvalue weighted by molar-refractivity contribution is 0.414. The van der Waals surface area contributed by atoms with Crippen molar-refractivity contribution in [1.82, 2.24) is 0 Å². The van der Waals surface area contributed by atoms with Gasteiger partial charge in [0.05, 0.1) is 17.3 Å². The normalized spacial score (nSPS) is 13.5. The second kappa shape index (κ2) is 6.33. The Morgan fingerprint density at radius 3 is 1.87 bits per heavy atom. The lowest BCUT2D eigenvalue weighted by Gasteiger charge is -2.14. The van der Waals surface area contributed by atoms with Crippen LogP contribution >= 0.6 is 0 Å². The third-order valence-electron chi connectivity index (χ3n) is 3.63. The minimum Gasteiger partial charge on any atom is -0.497 e. The molecule has 0 aromatic heterocycles. The van der Waals surface area contributed by atoms with Crippen LogP contribution in [-0.2, 0) is 17.7 Å². The molecular weight excluding hydrogens is 336 g/mol. The number of benzene rings is 2. The summed E-state index contributed by atoms with van der Waals surface area (Å²) in [7, 11) is -7.43. The molecule has 0 aliphatic carbocycles. The van der Waals surface area contributed by atoms with E-state index in [1.165, 1.54) is 26.2 Å². The maximum atomic E-state index is 12.6. The molecule has 124 valence electrons. The molecule has 0 aliphatic heterocycles. The molecule has 2 aromatic carbocycles. The molecule has 0 N–H and O–H groups in total. The van der Waals surface area contributed by atoms with Gasteiger partial charge < -0.3 is 4.74 Å². The first-order valence-electron chi connectivity index (χ1n) is 6.89. The minimum absolute atomic E-state index is 0.219. The average molecular weight is 354 g/mol. The molecule has 5 nitrogen and oxygen atoms in total. The first-order chi connectivity index (χ1) is 10.7. The van der Waals surface area contributed by atoms with E-state index in [9.17, 15) is 16.8 Å². The maximum Gasteiger partial charge on any atom is 0.282 e. The van der Waals surface area contributed by atoms with Gasteiger partial charge in [-0.25, -0.2) is 16.8 Å². The predicted molar refractivity (Wildman–Crippen MR) is 88.7 cm³/mol. The molecule has 1 unspecified atom stereocenters. The zero-order valence-electron chi connectivity index (χ0n) is 13.1. The van der Waals surface area contributed by atoms with Gasteiger partial charge in [0.25, 0.3) is 17.7 Å². The van der Waals surface area contributed by atoms with Gasteiger partial charge in [-0.05, 0) is 43.7 Å². The molecule has 0 saturated heterocycles. The summed E-state index contributed by atoms with van der Waals surface area (Å²) in [5, 5.41) is -1.18. The second-order valence-electron chi connectivity index (χ2n) is 5.18. The number of methoxy groups -OCH3 is 1. The van der Waals surface area contributed by atoms with Crippen LogP contribution in [-0.4, -0.2) is 23.9 Å². The lowest BCUT2D eigenvalue weighted by Crippen LogP contribution is -2.21. The Labute approximate surface area is 136 Å². The molecule has 7 heteroatoms. The topological polar surface area (TPSA) is 77.5 Å². The highest BCUT2D eigenvalue weighted by Crippen LogP contribution is 2.31. The van der Waals surface area contributed by atoms with Gasteiger partial charge in [-0.15, -0.1) is 0 Å². The number of hydrogen-bond donors (Lipinski definition) is 0. The Kier molecular flexibility index (Phi) is 4.81. The summed E-state index contributed by atoms with van der Waals surface area (Å²) >= 11 is 0. The van der Waals surface area contributed by atoms with Crippen molar-refractivity contribution in [2.45, 2.75) is 24.0 Å². The maximum absolute atomic E-state index is 12.6. The fourth-order valence-electron chi connectivity index (χ4n) is 2.07. The van der Waals surface area contributed by atoms with Crippen LogP contribution < -0.4 is 4.74 Å². The van der Waals surface area contributed by atoms with Crippen molar-refractivity contribution in [3.63, 3.8) is 0 Å². The van der Waals surface area contributed by atoms with Gasteiger partial charge in [0.1, 0.15) is 5.75 Å². The van der Waals surface area contributed by atoms with Crippen LogP contribution in [0.15, 0.2) is 53.4 Å². The van der Waals surface area contributed by atoms with Crippen molar-refractivity contribution in [1.29, 1.82) is 0 Å². The summed E-state index contributed by atoms with van der Waals surface area (Å²) in [6.07, 6.45) is 0. The fourth-order valence-corrected chi connectivity index (χ4v) is 6.29. The van der Waals surface area contributed by atoms with E-state index in [0.29, 0.717) is 11.3 Å². The number of aryl methyl sites for hydroxylation is 1. The quantitative estimate of drug-likeness (QED) is 0.772. The van der Waals surface area contributed by atoms with Gasteiger partial charge >= 0.3 is 0 Å². The van der Waals surface area contributed by atoms with Gasteiger partial charge in [-0.2, -0.15) is 0 Å². The van der Waals surface area contributed by atoms with Crippen LogP contribution in [0.2, 0.25) is 0 Å². The zero-order chi connectivity index (χ0) is 17.3. The Morgan fingerprint density at radius 2 is 1.39 bits per heavy atom. The van der Waals surface area contributed by atoms with E-state index in [1.54, 1.807) is 43.3 Å². The van der Waals surface area contributed by atoms with E-state index in [1.807, 2.05) is 0 Å². The van der Waals surface area contributed by atoms with E-state index in [2.05, 4.69) is 0 Å². The number of ether oxygens (including phenoxy) is 1. The molecule has 0 spiro atoms. The van der Waals surface area contributed by atoms with Crippen molar-refractivity contribution >= 4 is 17.7 Å². The molecule has 0 amide bonds. The first kappa shape index (κ1) is 17.5. The molecule has 0 aliphatic rings. The van der Waals surface area contributed by atoms with E-state index in [4.69, 9.17) is 4.74 Å². The molecule has 0 saturated carbocycles. The summed E-state index contributed by atoms with van der Waals surface area (Å²) in [6.45, 7) is 3.16. The van der Waals surface area contributed by atoms with E-state index >= 15 is 0 Å². The summed E-state index contributed by atoms with van der Waals surface area (Å²) < 4.78 is 55.1. The Hall–Kier alpha value is -1.86. The highest BCUT2D eigenvalue weighted by Gasteiger charge is 2.37. The smallest absolute Gasteiger partial charge is 0.282 e. The Bertz CT molecular complexity index is 880. The van der Waals surface area contributed by atoms with E-state index in [0.717, 1.165) is 5.56 Å². The van der Waals surface area contributed by atoms with Crippen LogP contribution in [0.1, 0.15) is 23.3 Å². The van der Waals surface area contributed by atoms with Crippen molar-refractivity contribution in [2.75, 3.05) is 7.11 Å². The highest BCUT2D eigenvalue weighted by molar-refractivity contribution is 8.67. The third-order valence-corrected chi connectivity index (χ3v) is 9.51. The van der Waals surface area contributed by atoms with Crippen LogP contribution in [0, 0.1) is 6.92 Å². The standard InChI is InChI=1S/C16H18O5S2/c1-12-4-10-16(11-5-12)23(19,20)22(17,18)13(2)14-6-8-15(21-3)9-7-14/h4-11,13H,1-3H3. The minimum atomic E-state index is -4.48. The van der Waals surface area contributed by atoms with Crippen LogP contribution in [0.3, 0.4) is 0 Å². The lowest BCUT2D eigenvalue weighted by atomic mass is 10.2. The van der Waals surface area contributed by atoms with Gasteiger partial charge in [0.2, 0.25) is 0 Å². The van der Waals surface area contributed by atoms with Crippen LogP contribution in [0.25, 0.3) is 0 Å². The summed E-state index contributed by atoms with van der Waals surface area (Å²) in [5.41, 5.74) is 1.24. The SMILES string of the molecule is COc1ccc(C(C)S(=O)(=O)S(=O)(=O)c2ccc(C)cc2)cc1. The van der Waals surface area contributed by atoms with E-state index < -0.39 is 23.0 Å². The number of hydrogen-bond acceptors (Lipinski definition) is 5. The molecule has 1 atom stereocenters. The number of rotatable bonds is 5. The molecule has 23 heavy (non-hydrogen) atoms. The van der Waals surface area contributed by atoms with Gasteiger partial charge in [0.15, 0.2) is 0 Å². The summed E-state index contributed by atoms with van der Waals surface area (Å²) in [5.74, 6) is 0.569. The van der Waals surface area contributed by atoms with Crippen molar-refractivity contribution in [3.05, 3.63) is 59.7 Å². The average Bonchev–Trinajstić information content (AvgIpc) is 2.54.